The summed E-state index contributed by atoms with van der Waals surface area (Å²) in [4.78, 5) is 19.5. The van der Waals surface area contributed by atoms with E-state index in [1.807, 2.05) is 29.2 Å². The van der Waals surface area contributed by atoms with Crippen LogP contribution >= 0.6 is 0 Å². The van der Waals surface area contributed by atoms with Crippen molar-refractivity contribution in [2.45, 2.75) is 56.2 Å². The van der Waals surface area contributed by atoms with E-state index in [1.165, 1.54) is 10.7 Å². The van der Waals surface area contributed by atoms with E-state index >= 15 is 0 Å². The summed E-state index contributed by atoms with van der Waals surface area (Å²) in [7, 11) is -3.02. The van der Waals surface area contributed by atoms with E-state index in [4.69, 9.17) is 5.10 Å². The zero-order valence-electron chi connectivity index (χ0n) is 23.3. The van der Waals surface area contributed by atoms with Crippen LogP contribution in [-0.2, 0) is 20.8 Å². The van der Waals surface area contributed by atoms with Gasteiger partial charge in [-0.15, -0.1) is 0 Å². The number of sulfone groups is 1. The Morgan fingerprint density at radius 1 is 1.05 bits per heavy atom. The number of nitrogens with one attached hydrogen (secondary N) is 1. The van der Waals surface area contributed by atoms with Crippen molar-refractivity contribution in [3.8, 4) is 23.0 Å². The lowest BCUT2D eigenvalue weighted by atomic mass is 9.75. The number of hydrogen-bond acceptors (Lipinski definition) is 7. The Bertz CT molecular complexity index is 1640. The molecule has 43 heavy (non-hydrogen) atoms. The molecule has 2 aromatic heterocycles. The lowest BCUT2D eigenvalue weighted by Gasteiger charge is -2.31. The second kappa shape index (κ2) is 11.0. The topological polar surface area (TPSA) is 121 Å². The smallest absolute Gasteiger partial charge is 0.369 e. The quantitative estimate of drug-likeness (QED) is 0.431. The van der Waals surface area contributed by atoms with E-state index in [0.29, 0.717) is 44.5 Å². The average molecular weight is 613 g/mol. The van der Waals surface area contributed by atoms with Crippen molar-refractivity contribution in [3.05, 3.63) is 60.0 Å². The molecule has 3 aliphatic rings. The van der Waals surface area contributed by atoms with Crippen LogP contribution in [0.25, 0.3) is 16.9 Å². The number of hydrogen-bond donors (Lipinski definition) is 1. The Morgan fingerprint density at radius 2 is 1.74 bits per heavy atom. The summed E-state index contributed by atoms with van der Waals surface area (Å²) in [6.07, 6.45) is 2.33. The van der Waals surface area contributed by atoms with E-state index in [1.54, 1.807) is 6.20 Å². The normalized spacial score (nSPS) is 22.9. The first-order valence-corrected chi connectivity index (χ1v) is 16.2. The first-order chi connectivity index (χ1) is 20.5. The lowest BCUT2D eigenvalue weighted by molar-refractivity contribution is -0.137. The predicted octanol–water partition coefficient (Wildman–Crippen LogP) is 4.63. The van der Waals surface area contributed by atoms with Crippen molar-refractivity contribution in [2.24, 2.45) is 5.92 Å². The molecule has 13 heteroatoms. The minimum Gasteiger partial charge on any atom is -0.369 e. The molecular formula is C30H31F3N6O3S. The zero-order chi connectivity index (χ0) is 30.4. The van der Waals surface area contributed by atoms with Crippen LogP contribution in [0.15, 0.2) is 48.8 Å². The highest BCUT2D eigenvalue weighted by molar-refractivity contribution is 7.91. The highest BCUT2D eigenvalue weighted by Gasteiger charge is 2.47. The van der Waals surface area contributed by atoms with Gasteiger partial charge in [0.2, 0.25) is 5.91 Å². The largest absolute Gasteiger partial charge is 0.417 e. The fourth-order valence-electron chi connectivity index (χ4n) is 6.00. The van der Waals surface area contributed by atoms with Gasteiger partial charge in [0.25, 0.3) is 0 Å². The molecule has 1 N–H and O–H groups in total. The molecule has 0 unspecified atom stereocenters. The van der Waals surface area contributed by atoms with Gasteiger partial charge in [0.1, 0.15) is 5.54 Å². The van der Waals surface area contributed by atoms with Gasteiger partial charge in [0.05, 0.1) is 28.8 Å². The molecule has 3 heterocycles. The molecule has 1 saturated heterocycles. The lowest BCUT2D eigenvalue weighted by Crippen LogP contribution is -2.42. The van der Waals surface area contributed by atoms with Crippen molar-refractivity contribution in [1.82, 2.24) is 20.1 Å². The maximum atomic E-state index is 13.5. The number of anilines is 1. The molecule has 0 radical (unpaired) electrons. The maximum absolute atomic E-state index is 13.5. The number of nitriles is 1. The summed E-state index contributed by atoms with van der Waals surface area (Å²) in [5, 5.41) is 17.3. The third-order valence-electron chi connectivity index (χ3n) is 8.72. The first kappa shape index (κ1) is 29.2. The summed E-state index contributed by atoms with van der Waals surface area (Å²) in [5.41, 5.74) is 1.43. The van der Waals surface area contributed by atoms with Crippen LogP contribution < -0.4 is 10.2 Å². The number of amides is 1. The summed E-state index contributed by atoms with van der Waals surface area (Å²) in [6.45, 7) is 0.820. The van der Waals surface area contributed by atoms with Gasteiger partial charge in [0, 0.05) is 48.6 Å². The van der Waals surface area contributed by atoms with E-state index in [2.05, 4.69) is 16.4 Å². The summed E-state index contributed by atoms with van der Waals surface area (Å²) < 4.78 is 64.7. The number of carbonyl (C=O) groups is 1. The number of rotatable bonds is 6. The van der Waals surface area contributed by atoms with Crippen molar-refractivity contribution in [3.63, 3.8) is 0 Å². The predicted molar refractivity (Wildman–Crippen MR) is 153 cm³/mol. The molecule has 3 fully saturated rings. The minimum absolute atomic E-state index is 0.101. The number of pyridine rings is 1. The second-order valence-electron chi connectivity index (χ2n) is 11.6. The van der Waals surface area contributed by atoms with Crippen LogP contribution in [0.2, 0.25) is 0 Å². The van der Waals surface area contributed by atoms with Crippen LogP contribution in [0.5, 0.6) is 0 Å². The van der Waals surface area contributed by atoms with Crippen molar-refractivity contribution < 1.29 is 26.4 Å². The van der Waals surface area contributed by atoms with E-state index in [-0.39, 0.29) is 29.1 Å². The van der Waals surface area contributed by atoms with E-state index in [0.717, 1.165) is 41.9 Å². The fraction of sp³-hybridized carbons (Fsp3) is 0.467. The van der Waals surface area contributed by atoms with Gasteiger partial charge in [0.15, 0.2) is 15.7 Å². The van der Waals surface area contributed by atoms with E-state index < -0.39 is 33.0 Å². The minimum atomic E-state index is -4.52. The molecule has 9 nitrogen and oxygen atoms in total. The third-order valence-corrected chi connectivity index (χ3v) is 10.3. The summed E-state index contributed by atoms with van der Waals surface area (Å²) >= 11 is 0. The standard InChI is InChI=1S/C30H31F3N6O3S/c31-30(32,33)21-7-10-26(35-17-21)39-18-25(20-5-8-22(9-6-20)38-13-15-43(41,42)16-14-38)27(37-39)23-3-1-2-4-24(23)28(40)36-29(19-34)11-12-29/h5-10,17-18,23-24H,1-4,11-16H2,(H,36,40)/t23-,24-/m1/s1. The fourth-order valence-corrected chi connectivity index (χ4v) is 7.20. The highest BCUT2D eigenvalue weighted by Crippen LogP contribution is 2.43. The van der Waals surface area contributed by atoms with Crippen LogP contribution in [0.4, 0.5) is 18.9 Å². The number of carbonyl (C=O) groups excluding carboxylic acids is 1. The molecule has 2 aliphatic carbocycles. The summed E-state index contributed by atoms with van der Waals surface area (Å²) in [6, 6.07) is 12.1. The summed E-state index contributed by atoms with van der Waals surface area (Å²) in [5.74, 6) is -0.427. The Hall–Kier alpha value is -3.92. The highest BCUT2D eigenvalue weighted by atomic mass is 32.2. The van der Waals surface area contributed by atoms with Gasteiger partial charge in [-0.05, 0) is 55.5 Å². The molecule has 6 rings (SSSR count). The molecule has 1 aromatic carbocycles. The number of benzene rings is 1. The Morgan fingerprint density at radius 3 is 2.35 bits per heavy atom. The molecule has 2 atom stereocenters. The monoisotopic (exact) mass is 612 g/mol. The van der Waals surface area contributed by atoms with Crippen LogP contribution in [0.1, 0.15) is 55.7 Å². The SMILES string of the molecule is N#CC1(NC(=O)[C@@H]2CCCC[C@H]2c2nn(-c3ccc(C(F)(F)F)cn3)cc2-c2ccc(N3CCS(=O)(=O)CC3)cc2)CC1. The molecule has 3 aromatic rings. The Kier molecular flexibility index (Phi) is 7.44. The third kappa shape index (κ3) is 6.11. The van der Waals surface area contributed by atoms with Gasteiger partial charge in [-0.1, -0.05) is 25.0 Å². The van der Waals surface area contributed by atoms with Crippen LogP contribution in [0, 0.1) is 17.2 Å². The average Bonchev–Trinajstić information content (AvgIpc) is 3.63. The van der Waals surface area contributed by atoms with Gasteiger partial charge in [-0.25, -0.2) is 18.1 Å². The van der Waals surface area contributed by atoms with Crippen LogP contribution in [-0.4, -0.2) is 59.2 Å². The molecule has 1 aliphatic heterocycles. The number of nitrogens with zero attached hydrogens (tertiary/aromatic N) is 5. The zero-order valence-corrected chi connectivity index (χ0v) is 24.2. The molecule has 0 bridgehead atoms. The van der Waals surface area contributed by atoms with Gasteiger partial charge >= 0.3 is 6.18 Å². The van der Waals surface area contributed by atoms with Gasteiger partial charge in [-0.2, -0.15) is 23.5 Å². The molecule has 2 saturated carbocycles. The number of alkyl halides is 3. The number of aromatic nitrogens is 3. The Balaban J connectivity index is 1.35. The second-order valence-corrected chi connectivity index (χ2v) is 13.9. The molecule has 226 valence electrons. The Labute approximate surface area is 247 Å². The van der Waals surface area contributed by atoms with Crippen molar-refractivity contribution in [2.75, 3.05) is 29.5 Å². The first-order valence-electron chi connectivity index (χ1n) is 14.4. The van der Waals surface area contributed by atoms with E-state index in [9.17, 15) is 31.6 Å². The molecule has 0 spiro atoms. The maximum Gasteiger partial charge on any atom is 0.417 e. The van der Waals surface area contributed by atoms with Gasteiger partial charge < -0.3 is 10.2 Å². The van der Waals surface area contributed by atoms with Crippen molar-refractivity contribution in [1.29, 1.82) is 5.26 Å². The molecule has 1 amide bonds. The van der Waals surface area contributed by atoms with Crippen LogP contribution in [0.3, 0.4) is 0 Å². The van der Waals surface area contributed by atoms with Crippen molar-refractivity contribution >= 4 is 21.4 Å². The number of halogens is 3. The van der Waals surface area contributed by atoms with Gasteiger partial charge in [-0.3, -0.25) is 4.79 Å². The molecular weight excluding hydrogens is 581 g/mol.